The zero-order valence-corrected chi connectivity index (χ0v) is 18.9. The van der Waals surface area contributed by atoms with Crippen LogP contribution < -0.4 is 4.72 Å². The topological polar surface area (TPSA) is 75.4 Å². The van der Waals surface area contributed by atoms with Gasteiger partial charge >= 0.3 is 0 Å². The van der Waals surface area contributed by atoms with Gasteiger partial charge in [0.25, 0.3) is 0 Å². The van der Waals surface area contributed by atoms with Crippen LogP contribution in [0.3, 0.4) is 0 Å². The van der Waals surface area contributed by atoms with Crippen molar-refractivity contribution in [2.24, 2.45) is 0 Å². The number of hydrogen-bond acceptors (Lipinski definition) is 6. The van der Waals surface area contributed by atoms with Crippen molar-refractivity contribution < 1.29 is 12.9 Å². The van der Waals surface area contributed by atoms with E-state index in [1.54, 1.807) is 24.4 Å². The lowest BCUT2D eigenvalue weighted by atomic mass is 9.93. The Balaban J connectivity index is 0.00000218. The second-order valence-corrected chi connectivity index (χ2v) is 10.7. The molecule has 1 aromatic carbocycles. The molecule has 0 saturated heterocycles. The molecule has 0 bridgehead atoms. The lowest BCUT2D eigenvalue weighted by Crippen LogP contribution is -2.36. The lowest BCUT2D eigenvalue weighted by molar-refractivity contribution is 0.184. The standard InChI is InChI=1S/C21H23N3O3S2.ClH/c25-29(26,20-8-7-19(28-20)18-9-12-22-27-18)23-11-2-13-24-14-10-16-4-1-3-15-5-6-17(24)21(15)16;/h1,3-4,7-9,12,17,23H,2,5-6,10-11,13-14H2;1H. The molecule has 1 N–H and O–H groups in total. The highest BCUT2D eigenvalue weighted by atomic mass is 35.5. The number of rotatable bonds is 7. The molecular weight excluding hydrogens is 442 g/mol. The van der Waals surface area contributed by atoms with E-state index in [0.717, 1.165) is 37.2 Å². The van der Waals surface area contributed by atoms with Crippen molar-refractivity contribution in [2.75, 3.05) is 19.6 Å². The molecule has 0 fully saturated rings. The SMILES string of the molecule is Cl.O=S(=O)(NCCCN1CCc2cccc3c2C1CC3)c1ccc(-c2ccno2)s1. The zero-order valence-electron chi connectivity index (χ0n) is 16.4. The minimum Gasteiger partial charge on any atom is -0.355 e. The molecule has 160 valence electrons. The predicted octanol–water partition coefficient (Wildman–Crippen LogP) is 4.04. The molecule has 0 saturated carbocycles. The summed E-state index contributed by atoms with van der Waals surface area (Å²) in [7, 11) is -3.50. The van der Waals surface area contributed by atoms with Crippen LogP contribution in [-0.2, 0) is 22.9 Å². The fourth-order valence-electron chi connectivity index (χ4n) is 4.52. The number of nitrogens with one attached hydrogen (secondary N) is 1. The van der Waals surface area contributed by atoms with E-state index in [2.05, 4.69) is 33.0 Å². The molecule has 0 amide bonds. The minimum atomic E-state index is -3.50. The molecule has 1 unspecified atom stereocenters. The van der Waals surface area contributed by atoms with Gasteiger partial charge in [0, 0.05) is 31.7 Å². The van der Waals surface area contributed by atoms with Crippen LogP contribution in [0, 0.1) is 0 Å². The van der Waals surface area contributed by atoms with Gasteiger partial charge in [-0.3, -0.25) is 4.90 Å². The minimum absolute atomic E-state index is 0. The van der Waals surface area contributed by atoms with Crippen molar-refractivity contribution in [3.05, 3.63) is 59.3 Å². The van der Waals surface area contributed by atoms with Gasteiger partial charge in [0.15, 0.2) is 5.76 Å². The van der Waals surface area contributed by atoms with Crippen LogP contribution in [0.5, 0.6) is 0 Å². The first-order valence-corrected chi connectivity index (χ1v) is 12.3. The molecule has 1 aliphatic heterocycles. The van der Waals surface area contributed by atoms with Gasteiger partial charge in [0.2, 0.25) is 10.0 Å². The molecule has 30 heavy (non-hydrogen) atoms. The van der Waals surface area contributed by atoms with Crippen LogP contribution in [0.25, 0.3) is 10.6 Å². The van der Waals surface area contributed by atoms with E-state index in [-0.39, 0.29) is 12.4 Å². The van der Waals surface area contributed by atoms with Gasteiger partial charge in [-0.15, -0.1) is 23.7 Å². The van der Waals surface area contributed by atoms with E-state index < -0.39 is 10.0 Å². The number of halogens is 1. The maximum atomic E-state index is 12.6. The van der Waals surface area contributed by atoms with Gasteiger partial charge in [-0.1, -0.05) is 23.4 Å². The van der Waals surface area contributed by atoms with Gasteiger partial charge in [-0.05, 0) is 54.5 Å². The second kappa shape index (κ2) is 8.80. The Bertz CT molecular complexity index is 1110. The van der Waals surface area contributed by atoms with Crippen LogP contribution in [-0.4, -0.2) is 38.1 Å². The number of thiophene rings is 1. The van der Waals surface area contributed by atoms with E-state index >= 15 is 0 Å². The van der Waals surface area contributed by atoms with Crippen molar-refractivity contribution in [3.63, 3.8) is 0 Å². The smallest absolute Gasteiger partial charge is 0.250 e. The molecule has 0 spiro atoms. The zero-order chi connectivity index (χ0) is 19.8. The van der Waals surface area contributed by atoms with Gasteiger partial charge in [-0.25, -0.2) is 13.1 Å². The van der Waals surface area contributed by atoms with Crippen molar-refractivity contribution in [1.29, 1.82) is 0 Å². The number of sulfonamides is 1. The fourth-order valence-corrected chi connectivity index (χ4v) is 6.90. The van der Waals surface area contributed by atoms with E-state index in [1.807, 2.05) is 0 Å². The molecule has 0 radical (unpaired) electrons. The van der Waals surface area contributed by atoms with Crippen molar-refractivity contribution >= 4 is 33.8 Å². The van der Waals surface area contributed by atoms with Gasteiger partial charge in [0.05, 0.1) is 11.1 Å². The Labute approximate surface area is 186 Å². The summed E-state index contributed by atoms with van der Waals surface area (Å²) < 4.78 is 33.3. The monoisotopic (exact) mass is 465 g/mol. The van der Waals surface area contributed by atoms with Crippen molar-refractivity contribution in [3.8, 4) is 10.6 Å². The summed E-state index contributed by atoms with van der Waals surface area (Å²) in [6, 6.07) is 12.3. The molecule has 2 aromatic heterocycles. The molecule has 3 aromatic rings. The summed E-state index contributed by atoms with van der Waals surface area (Å²) in [5.41, 5.74) is 4.54. The summed E-state index contributed by atoms with van der Waals surface area (Å²) >= 11 is 1.19. The lowest BCUT2D eigenvalue weighted by Gasteiger charge is -2.35. The third-order valence-electron chi connectivity index (χ3n) is 5.86. The van der Waals surface area contributed by atoms with Gasteiger partial charge in [0.1, 0.15) is 4.21 Å². The fraction of sp³-hybridized carbons (Fsp3) is 0.381. The first kappa shape index (κ1) is 21.5. The average molecular weight is 466 g/mol. The van der Waals surface area contributed by atoms with E-state index in [0.29, 0.717) is 22.6 Å². The van der Waals surface area contributed by atoms with Crippen LogP contribution in [0.2, 0.25) is 0 Å². The van der Waals surface area contributed by atoms with Crippen LogP contribution in [0.15, 0.2) is 51.3 Å². The van der Waals surface area contributed by atoms with Gasteiger partial charge < -0.3 is 4.52 Å². The largest absolute Gasteiger partial charge is 0.355 e. The van der Waals surface area contributed by atoms with E-state index in [1.165, 1.54) is 34.4 Å². The number of aryl methyl sites for hydroxylation is 1. The third-order valence-corrected chi connectivity index (χ3v) is 8.91. The highest BCUT2D eigenvalue weighted by Crippen LogP contribution is 2.41. The third kappa shape index (κ3) is 4.07. The van der Waals surface area contributed by atoms with Crippen molar-refractivity contribution in [1.82, 2.24) is 14.8 Å². The Kier molecular flexibility index (Phi) is 6.31. The number of hydrogen-bond donors (Lipinski definition) is 1. The summed E-state index contributed by atoms with van der Waals surface area (Å²) in [6.45, 7) is 2.41. The quantitative estimate of drug-likeness (QED) is 0.533. The predicted molar refractivity (Wildman–Crippen MR) is 120 cm³/mol. The van der Waals surface area contributed by atoms with Gasteiger partial charge in [-0.2, -0.15) is 0 Å². The Morgan fingerprint density at radius 1 is 1.17 bits per heavy atom. The molecule has 2 aliphatic rings. The highest BCUT2D eigenvalue weighted by Gasteiger charge is 2.32. The molecule has 3 heterocycles. The number of aromatic nitrogens is 1. The number of benzene rings is 1. The van der Waals surface area contributed by atoms with Crippen LogP contribution >= 0.6 is 23.7 Å². The van der Waals surface area contributed by atoms with Crippen LogP contribution in [0.4, 0.5) is 0 Å². The molecule has 6 nitrogen and oxygen atoms in total. The maximum absolute atomic E-state index is 12.6. The normalized spacial score (nSPS) is 18.2. The van der Waals surface area contributed by atoms with Crippen LogP contribution in [0.1, 0.15) is 35.6 Å². The summed E-state index contributed by atoms with van der Waals surface area (Å²) in [5.74, 6) is 0.581. The van der Waals surface area contributed by atoms with Crippen molar-refractivity contribution in [2.45, 2.75) is 35.9 Å². The average Bonchev–Trinajstić information content (AvgIpc) is 3.47. The van der Waals surface area contributed by atoms with E-state index in [9.17, 15) is 8.42 Å². The summed E-state index contributed by atoms with van der Waals surface area (Å²) in [6.07, 6.45) is 5.77. The second-order valence-electron chi connectivity index (χ2n) is 7.58. The maximum Gasteiger partial charge on any atom is 0.250 e. The molecular formula is C21H24ClN3O3S2. The van der Waals surface area contributed by atoms with E-state index in [4.69, 9.17) is 4.52 Å². The first-order valence-electron chi connectivity index (χ1n) is 9.97. The molecule has 1 aliphatic carbocycles. The summed E-state index contributed by atoms with van der Waals surface area (Å²) in [5, 5.41) is 3.67. The number of nitrogens with zero attached hydrogens (tertiary/aromatic N) is 2. The Morgan fingerprint density at radius 2 is 2.00 bits per heavy atom. The summed E-state index contributed by atoms with van der Waals surface area (Å²) in [4.78, 5) is 3.28. The Morgan fingerprint density at radius 3 is 2.80 bits per heavy atom. The first-order chi connectivity index (χ1) is 14.1. The Hall–Kier alpha value is -1.71. The molecule has 1 atom stereocenters. The highest BCUT2D eigenvalue weighted by molar-refractivity contribution is 7.91. The molecule has 5 rings (SSSR count). The molecule has 9 heteroatoms.